The van der Waals surface area contributed by atoms with Crippen LogP contribution in [0.1, 0.15) is 11.3 Å². The van der Waals surface area contributed by atoms with Gasteiger partial charge in [0.2, 0.25) is 0 Å². The van der Waals surface area contributed by atoms with Gasteiger partial charge in [-0.05, 0) is 24.6 Å². The van der Waals surface area contributed by atoms with E-state index in [0.29, 0.717) is 12.1 Å². The molecule has 1 aromatic carbocycles. The van der Waals surface area contributed by atoms with Gasteiger partial charge in [-0.15, -0.1) is 0 Å². The second kappa shape index (κ2) is 4.06. The zero-order valence-electron chi connectivity index (χ0n) is 9.37. The fourth-order valence-corrected chi connectivity index (χ4v) is 1.91. The van der Waals surface area contributed by atoms with Crippen LogP contribution in [0, 0.1) is 12.7 Å². The van der Waals surface area contributed by atoms with Gasteiger partial charge >= 0.3 is 0 Å². The van der Waals surface area contributed by atoms with Crippen LogP contribution in [0.5, 0.6) is 0 Å². The maximum atomic E-state index is 13.7. The first kappa shape index (κ1) is 10.8. The Labute approximate surface area is 93.7 Å². The van der Waals surface area contributed by atoms with Crippen molar-refractivity contribution < 1.29 is 4.39 Å². The van der Waals surface area contributed by atoms with Crippen molar-refractivity contribution in [3.05, 3.63) is 41.3 Å². The van der Waals surface area contributed by atoms with Crippen LogP contribution in [0.2, 0.25) is 0 Å². The van der Waals surface area contributed by atoms with Gasteiger partial charge in [0.1, 0.15) is 5.82 Å². The molecule has 0 bridgehead atoms. The summed E-state index contributed by atoms with van der Waals surface area (Å²) >= 11 is 0. The average molecular weight is 219 g/mol. The minimum atomic E-state index is -0.239. The van der Waals surface area contributed by atoms with Crippen molar-refractivity contribution >= 4 is 0 Å². The molecule has 0 saturated heterocycles. The zero-order valence-corrected chi connectivity index (χ0v) is 9.37. The number of benzene rings is 1. The Morgan fingerprint density at radius 1 is 1.38 bits per heavy atom. The smallest absolute Gasteiger partial charge is 0.132 e. The van der Waals surface area contributed by atoms with Gasteiger partial charge in [0, 0.05) is 19.2 Å². The number of aromatic nitrogens is 2. The largest absolute Gasteiger partial charge is 0.325 e. The van der Waals surface area contributed by atoms with E-state index in [2.05, 4.69) is 5.10 Å². The minimum Gasteiger partial charge on any atom is -0.325 e. The molecule has 0 unspecified atom stereocenters. The summed E-state index contributed by atoms with van der Waals surface area (Å²) in [4.78, 5) is 0. The van der Waals surface area contributed by atoms with Crippen molar-refractivity contribution in [1.82, 2.24) is 9.78 Å². The summed E-state index contributed by atoms with van der Waals surface area (Å²) in [5, 5.41) is 4.27. The molecule has 16 heavy (non-hydrogen) atoms. The molecule has 0 fully saturated rings. The summed E-state index contributed by atoms with van der Waals surface area (Å²) in [7, 11) is 1.80. The Morgan fingerprint density at radius 3 is 2.62 bits per heavy atom. The summed E-state index contributed by atoms with van der Waals surface area (Å²) in [6.07, 6.45) is 0. The fourth-order valence-electron chi connectivity index (χ4n) is 1.91. The molecule has 0 spiro atoms. The standard InChI is InChI=1S/C12H14FN3/c1-8-11(7-14)15-16(2)12(8)9-5-3-4-6-10(9)13/h3-6H,7,14H2,1-2H3. The maximum absolute atomic E-state index is 13.7. The van der Waals surface area contributed by atoms with Crippen LogP contribution in [0.25, 0.3) is 11.3 Å². The van der Waals surface area contributed by atoms with E-state index in [1.807, 2.05) is 13.0 Å². The molecule has 84 valence electrons. The van der Waals surface area contributed by atoms with Gasteiger partial charge in [-0.3, -0.25) is 4.68 Å². The monoisotopic (exact) mass is 219 g/mol. The van der Waals surface area contributed by atoms with Crippen LogP contribution >= 0.6 is 0 Å². The van der Waals surface area contributed by atoms with E-state index in [0.717, 1.165) is 17.0 Å². The fraction of sp³-hybridized carbons (Fsp3) is 0.250. The predicted molar refractivity (Wildman–Crippen MR) is 61.2 cm³/mol. The van der Waals surface area contributed by atoms with Crippen molar-refractivity contribution in [2.45, 2.75) is 13.5 Å². The number of hydrogen-bond donors (Lipinski definition) is 1. The second-order valence-corrected chi connectivity index (χ2v) is 3.73. The van der Waals surface area contributed by atoms with Gasteiger partial charge in [0.05, 0.1) is 11.4 Å². The summed E-state index contributed by atoms with van der Waals surface area (Å²) in [6.45, 7) is 2.28. The van der Waals surface area contributed by atoms with E-state index < -0.39 is 0 Å². The van der Waals surface area contributed by atoms with Crippen molar-refractivity contribution in [2.24, 2.45) is 12.8 Å². The molecule has 4 heteroatoms. The Balaban J connectivity index is 2.65. The highest BCUT2D eigenvalue weighted by Crippen LogP contribution is 2.27. The third-order valence-corrected chi connectivity index (χ3v) is 2.70. The summed E-state index contributed by atoms with van der Waals surface area (Å²) in [6, 6.07) is 6.69. The number of nitrogens with zero attached hydrogens (tertiary/aromatic N) is 2. The third kappa shape index (κ3) is 1.61. The van der Waals surface area contributed by atoms with Crippen molar-refractivity contribution in [2.75, 3.05) is 0 Å². The molecule has 0 atom stereocenters. The highest BCUT2D eigenvalue weighted by atomic mass is 19.1. The Kier molecular flexibility index (Phi) is 2.75. The average Bonchev–Trinajstić information content (AvgIpc) is 2.55. The van der Waals surface area contributed by atoms with Crippen molar-refractivity contribution in [3.63, 3.8) is 0 Å². The highest BCUT2D eigenvalue weighted by Gasteiger charge is 2.15. The second-order valence-electron chi connectivity index (χ2n) is 3.73. The number of hydrogen-bond acceptors (Lipinski definition) is 2. The van der Waals surface area contributed by atoms with E-state index in [1.165, 1.54) is 6.07 Å². The van der Waals surface area contributed by atoms with Gasteiger partial charge in [-0.25, -0.2) is 4.39 Å². The molecule has 3 nitrogen and oxygen atoms in total. The lowest BCUT2D eigenvalue weighted by Crippen LogP contribution is -1.99. The molecule has 2 aromatic rings. The first-order valence-electron chi connectivity index (χ1n) is 5.12. The van der Waals surface area contributed by atoms with Crippen molar-refractivity contribution in [1.29, 1.82) is 0 Å². The SMILES string of the molecule is Cc1c(CN)nn(C)c1-c1ccccc1F. The quantitative estimate of drug-likeness (QED) is 0.839. The van der Waals surface area contributed by atoms with Crippen LogP contribution in [-0.4, -0.2) is 9.78 Å². The molecular formula is C12H14FN3. The van der Waals surface area contributed by atoms with E-state index >= 15 is 0 Å². The molecule has 0 radical (unpaired) electrons. The number of aryl methyl sites for hydroxylation is 1. The third-order valence-electron chi connectivity index (χ3n) is 2.70. The molecular weight excluding hydrogens is 205 g/mol. The molecule has 1 aromatic heterocycles. The van der Waals surface area contributed by atoms with Crippen LogP contribution in [0.4, 0.5) is 4.39 Å². The van der Waals surface area contributed by atoms with Gasteiger partial charge in [-0.1, -0.05) is 12.1 Å². The highest BCUT2D eigenvalue weighted by molar-refractivity contribution is 5.64. The topological polar surface area (TPSA) is 43.8 Å². The Bertz CT molecular complexity index is 517. The van der Waals surface area contributed by atoms with Gasteiger partial charge in [0.15, 0.2) is 0 Å². The van der Waals surface area contributed by atoms with E-state index in [1.54, 1.807) is 23.9 Å². The zero-order chi connectivity index (χ0) is 11.7. The molecule has 0 aliphatic heterocycles. The lowest BCUT2D eigenvalue weighted by atomic mass is 10.1. The van der Waals surface area contributed by atoms with Gasteiger partial charge < -0.3 is 5.73 Å². The van der Waals surface area contributed by atoms with Crippen LogP contribution in [0.3, 0.4) is 0 Å². The molecule has 0 aliphatic carbocycles. The number of rotatable bonds is 2. The van der Waals surface area contributed by atoms with Gasteiger partial charge in [-0.2, -0.15) is 5.10 Å². The van der Waals surface area contributed by atoms with Crippen LogP contribution in [0.15, 0.2) is 24.3 Å². The first-order valence-corrected chi connectivity index (χ1v) is 5.12. The molecule has 2 N–H and O–H groups in total. The molecule has 0 aliphatic rings. The molecule has 0 amide bonds. The van der Waals surface area contributed by atoms with Crippen molar-refractivity contribution in [3.8, 4) is 11.3 Å². The van der Waals surface area contributed by atoms with E-state index in [-0.39, 0.29) is 5.82 Å². The Morgan fingerprint density at radius 2 is 2.06 bits per heavy atom. The Hall–Kier alpha value is -1.68. The molecule has 1 heterocycles. The lowest BCUT2D eigenvalue weighted by Gasteiger charge is -2.04. The minimum absolute atomic E-state index is 0.239. The van der Waals surface area contributed by atoms with Gasteiger partial charge in [0.25, 0.3) is 0 Å². The van der Waals surface area contributed by atoms with E-state index in [4.69, 9.17) is 5.73 Å². The van der Waals surface area contributed by atoms with E-state index in [9.17, 15) is 4.39 Å². The van der Waals surface area contributed by atoms with Crippen LogP contribution in [-0.2, 0) is 13.6 Å². The summed E-state index contributed by atoms with van der Waals surface area (Å²) in [5.74, 6) is -0.239. The molecule has 0 saturated carbocycles. The van der Waals surface area contributed by atoms with Crippen LogP contribution < -0.4 is 5.73 Å². The summed E-state index contributed by atoms with van der Waals surface area (Å²) in [5.41, 5.74) is 8.68. The summed E-state index contributed by atoms with van der Waals surface area (Å²) < 4.78 is 15.4. The normalized spacial score (nSPS) is 10.8. The number of halogens is 1. The molecule has 2 rings (SSSR count). The maximum Gasteiger partial charge on any atom is 0.132 e. The lowest BCUT2D eigenvalue weighted by molar-refractivity contribution is 0.627. The first-order chi connectivity index (χ1) is 7.65. The number of nitrogens with two attached hydrogens (primary N) is 1. The predicted octanol–water partition coefficient (Wildman–Crippen LogP) is 1.99.